The quantitative estimate of drug-likeness (QED) is 0.488. The summed E-state index contributed by atoms with van der Waals surface area (Å²) in [5.74, 6) is 0. The molecule has 82 valence electrons. The molecule has 0 N–H and O–H groups in total. The first-order chi connectivity index (χ1) is 7.24. The molecule has 5 heteroatoms. The van der Waals surface area contributed by atoms with Gasteiger partial charge < -0.3 is 4.74 Å². The van der Waals surface area contributed by atoms with E-state index in [-0.39, 0.29) is 0 Å². The number of anilines is 1. The molecule has 0 aliphatic heterocycles. The molecule has 0 fully saturated rings. The standard InChI is InChI=1S/C10H12INO3/c1-14-10(13)12(15-2)9-6-4-3-5-8(9)7-11/h3-6H,7H2,1-2H3. The Morgan fingerprint density at radius 1 is 1.40 bits per heavy atom. The van der Waals surface area contributed by atoms with Crippen LogP contribution in [-0.4, -0.2) is 20.3 Å². The summed E-state index contributed by atoms with van der Waals surface area (Å²) < 4.78 is 5.41. The maximum Gasteiger partial charge on any atom is 0.438 e. The number of hydrogen-bond acceptors (Lipinski definition) is 3. The zero-order valence-corrected chi connectivity index (χ0v) is 10.7. The van der Waals surface area contributed by atoms with Gasteiger partial charge in [-0.25, -0.2) is 4.79 Å². The summed E-state index contributed by atoms with van der Waals surface area (Å²) in [6.45, 7) is 0. The average molecular weight is 321 g/mol. The number of carbonyl (C=O) groups excluding carboxylic acids is 1. The molecule has 4 nitrogen and oxygen atoms in total. The van der Waals surface area contributed by atoms with Gasteiger partial charge in [-0.3, -0.25) is 4.84 Å². The number of alkyl halides is 1. The molecule has 0 saturated heterocycles. The highest BCUT2D eigenvalue weighted by molar-refractivity contribution is 14.1. The van der Waals surface area contributed by atoms with Crippen molar-refractivity contribution in [2.45, 2.75) is 4.43 Å². The Labute approximate surface area is 102 Å². The smallest absolute Gasteiger partial charge is 0.438 e. The first-order valence-electron chi connectivity index (χ1n) is 4.30. The average Bonchev–Trinajstić information content (AvgIpc) is 2.30. The van der Waals surface area contributed by atoms with Crippen molar-refractivity contribution in [1.29, 1.82) is 0 Å². The van der Waals surface area contributed by atoms with E-state index >= 15 is 0 Å². The molecule has 0 atom stereocenters. The number of hydrogen-bond donors (Lipinski definition) is 0. The van der Waals surface area contributed by atoms with Gasteiger partial charge in [0, 0.05) is 4.43 Å². The number of nitrogens with zero attached hydrogens (tertiary/aromatic N) is 1. The third-order valence-electron chi connectivity index (χ3n) is 1.88. The van der Waals surface area contributed by atoms with Gasteiger partial charge in [0.1, 0.15) is 0 Å². The number of amides is 1. The van der Waals surface area contributed by atoms with Crippen LogP contribution in [0.2, 0.25) is 0 Å². The molecule has 0 bridgehead atoms. The highest BCUT2D eigenvalue weighted by Gasteiger charge is 2.18. The number of benzene rings is 1. The normalized spacial score (nSPS) is 9.80. The molecule has 0 spiro atoms. The fourth-order valence-electron chi connectivity index (χ4n) is 1.18. The Bertz CT molecular complexity index is 343. The third-order valence-corrected chi connectivity index (χ3v) is 2.70. The molecule has 0 aliphatic rings. The van der Waals surface area contributed by atoms with Crippen molar-refractivity contribution in [1.82, 2.24) is 0 Å². The maximum absolute atomic E-state index is 11.4. The van der Waals surface area contributed by atoms with E-state index in [9.17, 15) is 4.79 Å². The topological polar surface area (TPSA) is 38.8 Å². The minimum absolute atomic E-state index is 0.533. The van der Waals surface area contributed by atoms with Crippen LogP contribution in [0.1, 0.15) is 5.56 Å². The van der Waals surface area contributed by atoms with Crippen LogP contribution in [0.25, 0.3) is 0 Å². The van der Waals surface area contributed by atoms with Gasteiger partial charge >= 0.3 is 6.09 Å². The number of halogens is 1. The van der Waals surface area contributed by atoms with Crippen LogP contribution in [0.3, 0.4) is 0 Å². The van der Waals surface area contributed by atoms with Crippen LogP contribution in [-0.2, 0) is 14.0 Å². The Hall–Kier alpha value is -0.820. The summed E-state index contributed by atoms with van der Waals surface area (Å²) in [7, 11) is 2.75. The summed E-state index contributed by atoms with van der Waals surface area (Å²) in [5, 5.41) is 1.13. The lowest BCUT2D eigenvalue weighted by molar-refractivity contribution is 0.115. The summed E-state index contributed by atoms with van der Waals surface area (Å²) in [6, 6.07) is 7.52. The second-order valence-corrected chi connectivity index (χ2v) is 3.47. The van der Waals surface area contributed by atoms with Crippen LogP contribution >= 0.6 is 22.6 Å². The summed E-state index contributed by atoms with van der Waals surface area (Å²) in [6.07, 6.45) is -0.533. The Kier molecular flexibility index (Phi) is 4.83. The first-order valence-corrected chi connectivity index (χ1v) is 5.83. The molecule has 0 radical (unpaired) electrons. The predicted octanol–water partition coefficient (Wildman–Crippen LogP) is 2.76. The zero-order chi connectivity index (χ0) is 11.3. The van der Waals surface area contributed by atoms with Gasteiger partial charge in [0.15, 0.2) is 0 Å². The molecule has 0 unspecified atom stereocenters. The molecular weight excluding hydrogens is 309 g/mol. The molecule has 0 saturated carbocycles. The molecule has 1 aromatic rings. The van der Waals surface area contributed by atoms with Crippen LogP contribution in [0.15, 0.2) is 24.3 Å². The number of rotatable bonds is 3. The van der Waals surface area contributed by atoms with Gasteiger partial charge in [0.2, 0.25) is 0 Å². The highest BCUT2D eigenvalue weighted by Crippen LogP contribution is 2.23. The van der Waals surface area contributed by atoms with E-state index in [1.54, 1.807) is 0 Å². The minimum atomic E-state index is -0.533. The highest BCUT2D eigenvalue weighted by atomic mass is 127. The third kappa shape index (κ3) is 2.82. The lowest BCUT2D eigenvalue weighted by atomic mass is 10.2. The van der Waals surface area contributed by atoms with Gasteiger partial charge in [-0.05, 0) is 11.6 Å². The van der Waals surface area contributed by atoms with Crippen molar-refractivity contribution < 1.29 is 14.4 Å². The molecule has 1 rings (SSSR count). The Morgan fingerprint density at radius 3 is 2.60 bits per heavy atom. The van der Waals surface area contributed by atoms with Crippen molar-refractivity contribution in [3.63, 3.8) is 0 Å². The Morgan fingerprint density at radius 2 is 2.07 bits per heavy atom. The monoisotopic (exact) mass is 321 g/mol. The zero-order valence-electron chi connectivity index (χ0n) is 8.57. The maximum atomic E-state index is 11.4. The van der Waals surface area contributed by atoms with Gasteiger partial charge in [0.25, 0.3) is 0 Å². The number of para-hydroxylation sites is 1. The van der Waals surface area contributed by atoms with E-state index in [4.69, 9.17) is 4.84 Å². The van der Waals surface area contributed by atoms with Crippen LogP contribution in [0.5, 0.6) is 0 Å². The largest absolute Gasteiger partial charge is 0.451 e. The number of methoxy groups -OCH3 is 1. The van der Waals surface area contributed by atoms with E-state index in [2.05, 4.69) is 27.3 Å². The number of hydroxylamine groups is 1. The molecular formula is C10H12INO3. The van der Waals surface area contributed by atoms with E-state index in [0.29, 0.717) is 5.69 Å². The van der Waals surface area contributed by atoms with E-state index < -0.39 is 6.09 Å². The summed E-state index contributed by atoms with van der Waals surface area (Å²) >= 11 is 2.23. The second-order valence-electron chi connectivity index (χ2n) is 2.71. The molecule has 0 heterocycles. The summed E-state index contributed by atoms with van der Waals surface area (Å²) in [4.78, 5) is 16.4. The van der Waals surface area contributed by atoms with Crippen molar-refractivity contribution >= 4 is 34.4 Å². The van der Waals surface area contributed by atoms with Gasteiger partial charge in [-0.15, -0.1) is 0 Å². The van der Waals surface area contributed by atoms with E-state index in [1.807, 2.05) is 24.3 Å². The van der Waals surface area contributed by atoms with Gasteiger partial charge in [0.05, 0.1) is 19.9 Å². The molecule has 1 amide bonds. The summed E-state index contributed by atoms with van der Waals surface area (Å²) in [5.41, 5.74) is 1.73. The van der Waals surface area contributed by atoms with Crippen molar-refractivity contribution in [3.05, 3.63) is 29.8 Å². The number of ether oxygens (including phenoxy) is 1. The van der Waals surface area contributed by atoms with Crippen LogP contribution in [0, 0.1) is 0 Å². The Balaban J connectivity index is 3.05. The molecule has 0 aromatic heterocycles. The second kappa shape index (κ2) is 5.92. The van der Waals surface area contributed by atoms with E-state index in [0.717, 1.165) is 15.1 Å². The minimum Gasteiger partial charge on any atom is -0.451 e. The first kappa shape index (κ1) is 12.3. The van der Waals surface area contributed by atoms with Crippen molar-refractivity contribution in [3.8, 4) is 0 Å². The van der Waals surface area contributed by atoms with Gasteiger partial charge in [-0.1, -0.05) is 40.8 Å². The van der Waals surface area contributed by atoms with E-state index in [1.165, 1.54) is 14.2 Å². The number of carbonyl (C=O) groups is 1. The van der Waals surface area contributed by atoms with Crippen molar-refractivity contribution in [2.75, 3.05) is 19.3 Å². The fraction of sp³-hybridized carbons (Fsp3) is 0.300. The lowest BCUT2D eigenvalue weighted by Crippen LogP contribution is -2.30. The molecule has 1 aromatic carbocycles. The molecule has 0 aliphatic carbocycles. The lowest BCUT2D eigenvalue weighted by Gasteiger charge is -2.20. The van der Waals surface area contributed by atoms with Gasteiger partial charge in [-0.2, -0.15) is 5.06 Å². The fourth-order valence-corrected chi connectivity index (χ4v) is 1.82. The SMILES string of the molecule is COC(=O)N(OC)c1ccccc1CI. The van der Waals surface area contributed by atoms with Crippen LogP contribution < -0.4 is 5.06 Å². The van der Waals surface area contributed by atoms with Crippen LogP contribution in [0.4, 0.5) is 10.5 Å². The van der Waals surface area contributed by atoms with Crippen molar-refractivity contribution in [2.24, 2.45) is 0 Å². The predicted molar refractivity (Wildman–Crippen MR) is 66.1 cm³/mol. The molecule has 15 heavy (non-hydrogen) atoms.